The monoisotopic (exact) mass is 354 g/mol. The molecule has 0 saturated heterocycles. The number of aryl methyl sites for hydroxylation is 1. The maximum absolute atomic E-state index is 12.8. The third kappa shape index (κ3) is 3.09. The van der Waals surface area contributed by atoms with Gasteiger partial charge in [0.2, 0.25) is 0 Å². The van der Waals surface area contributed by atoms with E-state index in [1.807, 2.05) is 51.1 Å². The summed E-state index contributed by atoms with van der Waals surface area (Å²) in [5, 5.41) is 4.00. The quantitative estimate of drug-likeness (QED) is 0.707. The zero-order valence-electron chi connectivity index (χ0n) is 16.2. The minimum atomic E-state index is -0.248. The highest BCUT2D eigenvalue weighted by Gasteiger charge is 2.21. The van der Waals surface area contributed by atoms with Crippen LogP contribution in [0.3, 0.4) is 0 Å². The maximum atomic E-state index is 12.8. The van der Waals surface area contributed by atoms with Crippen LogP contribution in [0, 0.1) is 13.8 Å². The van der Waals surface area contributed by atoms with E-state index in [1.165, 1.54) is 0 Å². The third-order valence-electron chi connectivity index (χ3n) is 4.77. The number of aromatic nitrogens is 1. The van der Waals surface area contributed by atoms with Crippen molar-refractivity contribution in [2.24, 2.45) is 0 Å². The van der Waals surface area contributed by atoms with E-state index in [9.17, 15) is 4.79 Å². The van der Waals surface area contributed by atoms with E-state index in [4.69, 9.17) is 9.15 Å². The molecule has 1 N–H and O–H groups in total. The number of methoxy groups -OCH3 is 1. The topological polar surface area (TPSA) is 56.4 Å². The molecule has 26 heavy (non-hydrogen) atoms. The zero-order valence-corrected chi connectivity index (χ0v) is 16.2. The smallest absolute Gasteiger partial charge is 0.253 e. The number of hydrogen-bond donors (Lipinski definition) is 1. The number of nitrogens with zero attached hydrogens (tertiary/aromatic N) is 1. The molecule has 1 unspecified atom stereocenters. The van der Waals surface area contributed by atoms with Crippen LogP contribution in [-0.4, -0.2) is 17.6 Å². The van der Waals surface area contributed by atoms with Gasteiger partial charge in [0.25, 0.3) is 5.91 Å². The van der Waals surface area contributed by atoms with E-state index in [1.54, 1.807) is 7.11 Å². The number of amides is 1. The van der Waals surface area contributed by atoms with Gasteiger partial charge in [-0.25, -0.2) is 0 Å². The first-order valence-corrected chi connectivity index (χ1v) is 8.89. The number of nitrogens with one attached hydrogen (secondary N) is 1. The van der Waals surface area contributed by atoms with Crippen molar-refractivity contribution in [3.63, 3.8) is 0 Å². The van der Waals surface area contributed by atoms with E-state index in [0.717, 1.165) is 16.8 Å². The summed E-state index contributed by atoms with van der Waals surface area (Å²) in [6.45, 7) is 10.2. The molecule has 0 saturated carbocycles. The molecule has 0 aliphatic carbocycles. The Bertz CT molecular complexity index is 950. The minimum absolute atomic E-state index is 0.0927. The van der Waals surface area contributed by atoms with Crippen molar-refractivity contribution in [3.8, 4) is 5.75 Å². The van der Waals surface area contributed by atoms with Gasteiger partial charge in [0.15, 0.2) is 11.3 Å². The summed E-state index contributed by atoms with van der Waals surface area (Å²) in [6.07, 6.45) is 0. The zero-order chi connectivity index (χ0) is 19.0. The van der Waals surface area contributed by atoms with Crippen LogP contribution < -0.4 is 10.1 Å². The van der Waals surface area contributed by atoms with Crippen LogP contribution in [0.2, 0.25) is 0 Å². The molecular weight excluding hydrogens is 328 g/mol. The molecule has 0 radical (unpaired) electrons. The Morgan fingerprint density at radius 2 is 1.92 bits per heavy atom. The lowest BCUT2D eigenvalue weighted by Crippen LogP contribution is -2.26. The van der Waals surface area contributed by atoms with Crippen LogP contribution in [0.15, 0.2) is 34.7 Å². The summed E-state index contributed by atoms with van der Waals surface area (Å²) in [6, 6.07) is 9.71. The first kappa shape index (κ1) is 18.1. The average Bonchev–Trinajstić information content (AvgIpc) is 3.15. The highest BCUT2D eigenvalue weighted by atomic mass is 16.5. The predicted octanol–water partition coefficient (Wildman–Crippen LogP) is 4.93. The number of para-hydroxylation sites is 1. The van der Waals surface area contributed by atoms with Crippen LogP contribution >= 0.6 is 0 Å². The third-order valence-corrected chi connectivity index (χ3v) is 4.77. The van der Waals surface area contributed by atoms with E-state index in [0.29, 0.717) is 28.7 Å². The van der Waals surface area contributed by atoms with E-state index in [-0.39, 0.29) is 11.9 Å². The van der Waals surface area contributed by atoms with E-state index >= 15 is 0 Å². The standard InChI is InChI=1S/C21H26N2O3/c1-12(2)23-13(3)10-17(15(23)5)21(24)22-14(4)19-11-16-8-7-9-18(25-6)20(16)26-19/h7-12,14H,1-6H3,(H,22,24). The number of ether oxygens (including phenoxy) is 1. The number of carbonyl (C=O) groups is 1. The van der Waals surface area contributed by atoms with Crippen molar-refractivity contribution in [1.29, 1.82) is 0 Å². The summed E-state index contributed by atoms with van der Waals surface area (Å²) < 4.78 is 13.5. The van der Waals surface area contributed by atoms with E-state index < -0.39 is 0 Å². The summed E-state index contributed by atoms with van der Waals surface area (Å²) >= 11 is 0. The fraction of sp³-hybridized carbons (Fsp3) is 0.381. The van der Waals surface area contributed by atoms with Crippen molar-refractivity contribution in [1.82, 2.24) is 9.88 Å². The number of rotatable bonds is 5. The summed E-state index contributed by atoms with van der Waals surface area (Å²) in [5.41, 5.74) is 3.47. The van der Waals surface area contributed by atoms with Crippen molar-refractivity contribution in [2.45, 2.75) is 46.7 Å². The number of furan rings is 1. The molecule has 3 aromatic rings. The van der Waals surface area contributed by atoms with Gasteiger partial charge < -0.3 is 19.0 Å². The Balaban J connectivity index is 1.85. The molecule has 5 nitrogen and oxygen atoms in total. The van der Waals surface area contributed by atoms with Gasteiger partial charge in [-0.1, -0.05) is 12.1 Å². The highest BCUT2D eigenvalue weighted by molar-refractivity contribution is 5.96. The van der Waals surface area contributed by atoms with Crippen LogP contribution in [-0.2, 0) is 0 Å². The van der Waals surface area contributed by atoms with Gasteiger partial charge in [0.05, 0.1) is 18.7 Å². The lowest BCUT2D eigenvalue weighted by atomic mass is 10.2. The number of carbonyl (C=O) groups excluding carboxylic acids is 1. The Morgan fingerprint density at radius 3 is 2.54 bits per heavy atom. The molecule has 138 valence electrons. The molecule has 0 spiro atoms. The van der Waals surface area contributed by atoms with Crippen molar-refractivity contribution in [3.05, 3.63) is 53.0 Å². The Morgan fingerprint density at radius 1 is 1.19 bits per heavy atom. The van der Waals surface area contributed by atoms with Crippen LogP contribution in [0.5, 0.6) is 5.75 Å². The maximum Gasteiger partial charge on any atom is 0.253 e. The molecule has 0 aliphatic rings. The Kier molecular flexibility index (Phi) is 4.81. The molecule has 1 amide bonds. The van der Waals surface area contributed by atoms with Crippen LogP contribution in [0.25, 0.3) is 11.0 Å². The second-order valence-electron chi connectivity index (χ2n) is 6.97. The van der Waals surface area contributed by atoms with E-state index in [2.05, 4.69) is 23.7 Å². The second-order valence-corrected chi connectivity index (χ2v) is 6.97. The van der Waals surface area contributed by atoms with Crippen molar-refractivity contribution in [2.75, 3.05) is 7.11 Å². The molecule has 1 atom stereocenters. The lowest BCUT2D eigenvalue weighted by molar-refractivity contribution is 0.0935. The molecule has 3 rings (SSSR count). The average molecular weight is 354 g/mol. The Labute approximate surface area is 153 Å². The largest absolute Gasteiger partial charge is 0.493 e. The van der Waals surface area contributed by atoms with Gasteiger partial charge in [-0.3, -0.25) is 4.79 Å². The molecule has 1 aromatic carbocycles. The lowest BCUT2D eigenvalue weighted by Gasteiger charge is -2.14. The highest BCUT2D eigenvalue weighted by Crippen LogP contribution is 2.31. The van der Waals surface area contributed by atoms with Crippen LogP contribution in [0.1, 0.15) is 60.4 Å². The number of benzene rings is 1. The van der Waals surface area contributed by atoms with Crippen molar-refractivity contribution >= 4 is 16.9 Å². The SMILES string of the molecule is COc1cccc2cc(C(C)NC(=O)c3cc(C)n(C(C)C)c3C)oc12. The van der Waals surface area contributed by atoms with Crippen LogP contribution in [0.4, 0.5) is 0 Å². The minimum Gasteiger partial charge on any atom is -0.493 e. The second kappa shape index (κ2) is 6.90. The summed E-state index contributed by atoms with van der Waals surface area (Å²) in [4.78, 5) is 12.8. The molecule has 2 aromatic heterocycles. The fourth-order valence-electron chi connectivity index (χ4n) is 3.58. The molecular formula is C21H26N2O3. The van der Waals surface area contributed by atoms with Gasteiger partial charge in [0, 0.05) is 22.8 Å². The summed E-state index contributed by atoms with van der Waals surface area (Å²) in [5.74, 6) is 1.30. The Hall–Kier alpha value is -2.69. The van der Waals surface area contributed by atoms with Gasteiger partial charge in [-0.05, 0) is 52.8 Å². The van der Waals surface area contributed by atoms with Gasteiger partial charge in [0.1, 0.15) is 5.76 Å². The summed E-state index contributed by atoms with van der Waals surface area (Å²) in [7, 11) is 1.62. The molecule has 0 aliphatic heterocycles. The fourth-order valence-corrected chi connectivity index (χ4v) is 3.58. The first-order valence-electron chi connectivity index (χ1n) is 8.89. The normalized spacial score (nSPS) is 12.6. The van der Waals surface area contributed by atoms with Gasteiger partial charge in [-0.2, -0.15) is 0 Å². The molecule has 2 heterocycles. The first-order chi connectivity index (χ1) is 12.3. The van der Waals surface area contributed by atoms with Crippen molar-refractivity contribution < 1.29 is 13.9 Å². The molecule has 0 fully saturated rings. The number of hydrogen-bond acceptors (Lipinski definition) is 3. The number of fused-ring (bicyclic) bond motifs is 1. The molecule has 5 heteroatoms. The molecule has 0 bridgehead atoms. The van der Waals surface area contributed by atoms with Gasteiger partial charge in [-0.15, -0.1) is 0 Å². The van der Waals surface area contributed by atoms with Gasteiger partial charge >= 0.3 is 0 Å². The predicted molar refractivity (Wildman–Crippen MR) is 103 cm³/mol.